The van der Waals surface area contributed by atoms with Crippen LogP contribution in [0, 0.1) is 71.0 Å². The van der Waals surface area contributed by atoms with Crippen LogP contribution in [0.15, 0.2) is 0 Å². The molecule has 20 atom stereocenters. The Hall–Kier alpha value is -0.320. The van der Waals surface area contributed by atoms with Gasteiger partial charge >= 0.3 is 0 Å². The van der Waals surface area contributed by atoms with Gasteiger partial charge in [-0.25, -0.2) is 0 Å². The van der Waals surface area contributed by atoms with Crippen LogP contribution in [0.2, 0.25) is 0 Å². The zero-order valence-electron chi connectivity index (χ0n) is 28.0. The van der Waals surface area contributed by atoms with Crippen molar-refractivity contribution in [3.63, 3.8) is 0 Å². The third-order valence-electron chi connectivity index (χ3n) is 15.2. The molecule has 4 saturated carbocycles. The van der Waals surface area contributed by atoms with E-state index in [0.717, 1.165) is 23.7 Å². The van der Waals surface area contributed by atoms with Crippen molar-refractivity contribution in [2.24, 2.45) is 71.0 Å². The first-order valence-corrected chi connectivity index (χ1v) is 19.5. The first-order valence-electron chi connectivity index (χ1n) is 19.5. The first kappa shape index (κ1) is 29.8. The highest BCUT2D eigenvalue weighted by atomic mass is 15.4. The average Bonchev–Trinajstić information content (AvgIpc) is 3.71. The highest BCUT2D eigenvalue weighted by Crippen LogP contribution is 2.47. The van der Waals surface area contributed by atoms with Crippen LogP contribution in [0.4, 0.5) is 0 Å². The van der Waals surface area contributed by atoms with Crippen molar-refractivity contribution in [3.05, 3.63) is 0 Å². The van der Waals surface area contributed by atoms with E-state index in [0.29, 0.717) is 96.7 Å². The molecule has 0 aromatic rings. The second kappa shape index (κ2) is 11.7. The van der Waals surface area contributed by atoms with E-state index in [-0.39, 0.29) is 0 Å². The molecule has 5 aliphatic heterocycles. The topological polar surface area (TPSA) is 96.2 Å². The summed E-state index contributed by atoms with van der Waals surface area (Å²) in [5, 5.41) is 34.2. The molecular weight excluding hydrogens is 544 g/mol. The zero-order chi connectivity index (χ0) is 29.7. The lowest BCUT2D eigenvalue weighted by Gasteiger charge is -2.38. The van der Waals surface area contributed by atoms with Crippen LogP contribution in [0.3, 0.4) is 0 Å². The minimum Gasteiger partial charge on any atom is -0.286 e. The zero-order valence-corrected chi connectivity index (χ0v) is 28.0. The molecule has 8 heteroatoms. The Bertz CT molecular complexity index is 886. The predicted octanol–water partition coefficient (Wildman–Crippen LogP) is 3.59. The van der Waals surface area contributed by atoms with Crippen molar-refractivity contribution in [3.8, 4) is 0 Å². The number of hydrogen-bond donors (Lipinski definition) is 8. The summed E-state index contributed by atoms with van der Waals surface area (Å²) < 4.78 is 0. The fourth-order valence-electron chi connectivity index (χ4n) is 12.9. The molecule has 8 bridgehead atoms. The SMILES string of the molecule is CC1CCC2C3NC4NC(NC5NC(NC6NC(NC(N3)C2C1)C1CC(C)CCC61)C1CCC(C)CC51)C1CC(C)CCC41. The Morgan fingerprint density at radius 2 is 0.432 bits per heavy atom. The summed E-state index contributed by atoms with van der Waals surface area (Å²) in [5.74, 6) is 9.03. The van der Waals surface area contributed by atoms with Crippen molar-refractivity contribution in [1.29, 1.82) is 0 Å². The van der Waals surface area contributed by atoms with Crippen molar-refractivity contribution in [2.45, 2.75) is 154 Å². The van der Waals surface area contributed by atoms with Gasteiger partial charge in [0.15, 0.2) is 0 Å². The summed E-state index contributed by atoms with van der Waals surface area (Å²) in [4.78, 5) is 0. The second-order valence-electron chi connectivity index (χ2n) is 18.1. The molecule has 4 aliphatic carbocycles. The molecule has 9 fully saturated rings. The van der Waals surface area contributed by atoms with Gasteiger partial charge in [0.1, 0.15) is 0 Å². The van der Waals surface area contributed by atoms with Crippen molar-refractivity contribution in [1.82, 2.24) is 42.5 Å². The van der Waals surface area contributed by atoms with Crippen LogP contribution in [0.1, 0.15) is 105 Å². The monoisotopic (exact) mass is 609 g/mol. The van der Waals surface area contributed by atoms with Crippen LogP contribution in [0.25, 0.3) is 0 Å². The van der Waals surface area contributed by atoms with E-state index in [1.54, 1.807) is 0 Å². The van der Waals surface area contributed by atoms with E-state index in [1.807, 2.05) is 0 Å². The van der Waals surface area contributed by atoms with E-state index in [1.165, 1.54) is 77.0 Å². The molecule has 44 heavy (non-hydrogen) atoms. The first-order chi connectivity index (χ1) is 21.4. The highest BCUT2D eigenvalue weighted by molar-refractivity contribution is 5.09. The highest BCUT2D eigenvalue weighted by Gasteiger charge is 2.55. The number of rotatable bonds is 0. The smallest absolute Gasteiger partial charge is 0.0628 e. The Kier molecular flexibility index (Phi) is 7.91. The molecule has 9 rings (SSSR count). The Labute approximate surface area is 267 Å². The molecule has 0 amide bonds. The summed E-state index contributed by atoms with van der Waals surface area (Å²) in [7, 11) is 0. The molecular formula is C36H64N8. The minimum absolute atomic E-state index is 0.387. The van der Waals surface area contributed by atoms with Crippen molar-refractivity contribution >= 4 is 0 Å². The van der Waals surface area contributed by atoms with Crippen molar-refractivity contribution < 1.29 is 0 Å². The Morgan fingerprint density at radius 1 is 0.250 bits per heavy atom. The lowest BCUT2D eigenvalue weighted by atomic mass is 9.72. The molecule has 9 aliphatic rings. The van der Waals surface area contributed by atoms with E-state index in [9.17, 15) is 0 Å². The van der Waals surface area contributed by atoms with Gasteiger partial charge in [0.2, 0.25) is 0 Å². The van der Waals surface area contributed by atoms with E-state index in [4.69, 9.17) is 0 Å². The largest absolute Gasteiger partial charge is 0.286 e. The lowest BCUT2D eigenvalue weighted by Crippen LogP contribution is -2.61. The molecule has 5 saturated heterocycles. The van der Waals surface area contributed by atoms with Crippen LogP contribution < -0.4 is 42.5 Å². The lowest BCUT2D eigenvalue weighted by molar-refractivity contribution is 0.133. The molecule has 0 aromatic carbocycles. The normalized spacial score (nSPS) is 60.3. The van der Waals surface area contributed by atoms with Crippen LogP contribution in [-0.4, -0.2) is 49.3 Å². The number of nitrogens with one attached hydrogen (secondary N) is 8. The molecule has 248 valence electrons. The standard InChI is InChI=1S/C36H64N8/c1-17-5-9-21-25(13-17)33-39-29(21)37-30-23-11-7-19(3)15-27(23)35(41-30)44-36-28-16-20(4)8-12-24(28)32(42-36)38-31-22-10-6-18(2)14-26(22)34(40-31)43-33/h17-44H,5-16H2,1-4H3. The summed E-state index contributed by atoms with van der Waals surface area (Å²) >= 11 is 0. The third kappa shape index (κ3) is 5.15. The van der Waals surface area contributed by atoms with Gasteiger partial charge in [-0.2, -0.15) is 0 Å². The van der Waals surface area contributed by atoms with E-state index in [2.05, 4.69) is 70.2 Å². The van der Waals surface area contributed by atoms with Crippen molar-refractivity contribution in [2.75, 3.05) is 0 Å². The average molecular weight is 609 g/mol. The number of hydrogen-bond acceptors (Lipinski definition) is 8. The van der Waals surface area contributed by atoms with Gasteiger partial charge < -0.3 is 0 Å². The fraction of sp³-hybridized carbons (Fsp3) is 1.00. The van der Waals surface area contributed by atoms with Gasteiger partial charge in [-0.3, -0.25) is 42.5 Å². The molecule has 20 unspecified atom stereocenters. The fourth-order valence-corrected chi connectivity index (χ4v) is 12.9. The Balaban J connectivity index is 1.06. The summed E-state index contributed by atoms with van der Waals surface area (Å²) in [6.07, 6.45) is 19.5. The quantitative estimate of drug-likeness (QED) is 0.212. The predicted molar refractivity (Wildman–Crippen MR) is 175 cm³/mol. The van der Waals surface area contributed by atoms with Gasteiger partial charge in [-0.05, 0) is 122 Å². The molecule has 8 N–H and O–H groups in total. The molecule has 0 spiro atoms. The maximum Gasteiger partial charge on any atom is 0.0628 e. The molecule has 0 radical (unpaired) electrons. The van der Waals surface area contributed by atoms with Gasteiger partial charge in [0, 0.05) is 0 Å². The van der Waals surface area contributed by atoms with Gasteiger partial charge in [-0.1, -0.05) is 53.4 Å². The van der Waals surface area contributed by atoms with Crippen LogP contribution in [0.5, 0.6) is 0 Å². The second-order valence-corrected chi connectivity index (χ2v) is 18.1. The van der Waals surface area contributed by atoms with Gasteiger partial charge in [0.25, 0.3) is 0 Å². The maximum atomic E-state index is 4.31. The van der Waals surface area contributed by atoms with Crippen LogP contribution in [-0.2, 0) is 0 Å². The van der Waals surface area contributed by atoms with Gasteiger partial charge in [-0.15, -0.1) is 0 Å². The summed E-state index contributed by atoms with van der Waals surface area (Å²) in [5.41, 5.74) is 0. The minimum atomic E-state index is 0.387. The summed E-state index contributed by atoms with van der Waals surface area (Å²) in [6, 6.07) is 0. The molecule has 5 heterocycles. The Morgan fingerprint density at radius 3 is 0.636 bits per heavy atom. The van der Waals surface area contributed by atoms with E-state index >= 15 is 0 Å². The van der Waals surface area contributed by atoms with E-state index < -0.39 is 0 Å². The van der Waals surface area contributed by atoms with Gasteiger partial charge in [0.05, 0.1) is 49.3 Å². The molecule has 8 nitrogen and oxygen atoms in total. The number of fused-ring (bicyclic) bond motifs is 20. The summed E-state index contributed by atoms with van der Waals surface area (Å²) in [6.45, 7) is 10.0. The maximum absolute atomic E-state index is 4.31. The van der Waals surface area contributed by atoms with Crippen LogP contribution >= 0.6 is 0 Å². The third-order valence-corrected chi connectivity index (χ3v) is 15.2. The molecule has 0 aromatic heterocycles.